The SMILES string of the molecule is Cc1nsc(NS(=O)(=O)c2ccc(C#N)c(C)c2)n1. The van der Waals surface area contributed by atoms with E-state index >= 15 is 0 Å². The minimum atomic E-state index is -3.70. The van der Waals surface area contributed by atoms with Crippen molar-refractivity contribution in [3.63, 3.8) is 0 Å². The zero-order chi connectivity index (χ0) is 14.0. The molecule has 0 saturated carbocycles. The van der Waals surface area contributed by atoms with Crippen molar-refractivity contribution >= 4 is 26.7 Å². The van der Waals surface area contributed by atoms with Gasteiger partial charge in [0.15, 0.2) is 0 Å². The van der Waals surface area contributed by atoms with Crippen LogP contribution in [0.1, 0.15) is 17.0 Å². The van der Waals surface area contributed by atoms with Crippen LogP contribution in [0.5, 0.6) is 0 Å². The standard InChI is InChI=1S/C11H10N4O2S2/c1-7-5-10(4-3-9(7)6-12)19(16,17)15-11-13-8(2)14-18-11/h3-5H,1-2H3,(H,13,14,15). The van der Waals surface area contributed by atoms with E-state index in [1.54, 1.807) is 13.8 Å². The van der Waals surface area contributed by atoms with Crippen molar-refractivity contribution in [2.24, 2.45) is 0 Å². The molecule has 1 aromatic carbocycles. The molecule has 0 aliphatic carbocycles. The van der Waals surface area contributed by atoms with Crippen LogP contribution >= 0.6 is 11.5 Å². The van der Waals surface area contributed by atoms with Gasteiger partial charge < -0.3 is 0 Å². The molecule has 0 saturated heterocycles. The number of benzene rings is 1. The summed E-state index contributed by atoms with van der Waals surface area (Å²) >= 11 is 0.979. The first-order valence-electron chi connectivity index (χ1n) is 5.26. The van der Waals surface area contributed by atoms with Gasteiger partial charge in [-0.05, 0) is 37.6 Å². The Morgan fingerprint density at radius 2 is 2.11 bits per heavy atom. The van der Waals surface area contributed by atoms with Crippen LogP contribution in [-0.4, -0.2) is 17.8 Å². The molecule has 0 amide bonds. The third-order valence-corrected chi connectivity index (χ3v) is 4.57. The van der Waals surface area contributed by atoms with Gasteiger partial charge in [-0.2, -0.15) is 9.64 Å². The van der Waals surface area contributed by atoms with Gasteiger partial charge in [-0.25, -0.2) is 13.4 Å². The highest BCUT2D eigenvalue weighted by molar-refractivity contribution is 7.93. The number of nitriles is 1. The molecule has 0 bridgehead atoms. The lowest BCUT2D eigenvalue weighted by molar-refractivity contribution is 0.601. The number of hydrogen-bond acceptors (Lipinski definition) is 6. The van der Waals surface area contributed by atoms with Crippen LogP contribution in [0.3, 0.4) is 0 Å². The van der Waals surface area contributed by atoms with Gasteiger partial charge in [0.25, 0.3) is 10.0 Å². The number of sulfonamides is 1. The molecule has 8 heteroatoms. The van der Waals surface area contributed by atoms with Gasteiger partial charge in [-0.3, -0.25) is 4.72 Å². The van der Waals surface area contributed by atoms with Crippen LogP contribution in [0, 0.1) is 25.2 Å². The Morgan fingerprint density at radius 3 is 2.63 bits per heavy atom. The Kier molecular flexibility index (Phi) is 3.50. The molecule has 0 unspecified atom stereocenters. The highest BCUT2D eigenvalue weighted by atomic mass is 32.2. The van der Waals surface area contributed by atoms with Crippen molar-refractivity contribution < 1.29 is 8.42 Å². The molecule has 1 aromatic heterocycles. The Balaban J connectivity index is 2.35. The summed E-state index contributed by atoms with van der Waals surface area (Å²) in [5.41, 5.74) is 1.06. The van der Waals surface area contributed by atoms with Crippen molar-refractivity contribution in [2.45, 2.75) is 18.7 Å². The molecule has 19 heavy (non-hydrogen) atoms. The second-order valence-electron chi connectivity index (χ2n) is 3.84. The lowest BCUT2D eigenvalue weighted by Gasteiger charge is -2.06. The quantitative estimate of drug-likeness (QED) is 0.931. The Bertz CT molecular complexity index is 759. The Hall–Kier alpha value is -1.98. The Morgan fingerprint density at radius 1 is 1.37 bits per heavy atom. The molecular weight excluding hydrogens is 284 g/mol. The first-order valence-corrected chi connectivity index (χ1v) is 7.52. The molecule has 0 radical (unpaired) electrons. The maximum absolute atomic E-state index is 12.1. The van der Waals surface area contributed by atoms with Gasteiger partial charge in [-0.1, -0.05) is 0 Å². The highest BCUT2D eigenvalue weighted by Gasteiger charge is 2.17. The van der Waals surface area contributed by atoms with Crippen LogP contribution in [0.25, 0.3) is 0 Å². The summed E-state index contributed by atoms with van der Waals surface area (Å²) in [5, 5.41) is 9.04. The number of hydrogen-bond donors (Lipinski definition) is 1. The maximum Gasteiger partial charge on any atom is 0.263 e. The number of rotatable bonds is 3. The summed E-state index contributed by atoms with van der Waals surface area (Å²) in [4.78, 5) is 4.04. The average Bonchev–Trinajstić information content (AvgIpc) is 2.73. The molecule has 0 aliphatic rings. The van der Waals surface area contributed by atoms with Crippen molar-refractivity contribution in [1.29, 1.82) is 5.26 Å². The number of aryl methyl sites for hydroxylation is 2. The fourth-order valence-electron chi connectivity index (χ4n) is 1.44. The van der Waals surface area contributed by atoms with Gasteiger partial charge in [0.05, 0.1) is 16.5 Å². The third kappa shape index (κ3) is 2.89. The fraction of sp³-hybridized carbons (Fsp3) is 0.182. The van der Waals surface area contributed by atoms with Gasteiger partial charge >= 0.3 is 0 Å². The smallest absolute Gasteiger partial charge is 0.253 e. The predicted octanol–water partition coefficient (Wildman–Crippen LogP) is 1.83. The van der Waals surface area contributed by atoms with Crippen molar-refractivity contribution in [1.82, 2.24) is 9.36 Å². The number of anilines is 1. The minimum absolute atomic E-state index is 0.0943. The van der Waals surface area contributed by atoms with E-state index in [0.717, 1.165) is 11.5 Å². The number of nitrogens with one attached hydrogen (secondary N) is 1. The largest absolute Gasteiger partial charge is 0.263 e. The van der Waals surface area contributed by atoms with Crippen molar-refractivity contribution in [3.8, 4) is 6.07 Å². The van der Waals surface area contributed by atoms with Crippen LogP contribution in [0.4, 0.5) is 5.13 Å². The summed E-state index contributed by atoms with van der Waals surface area (Å²) in [6.07, 6.45) is 0. The second kappa shape index (κ2) is 4.95. The van der Waals surface area contributed by atoms with E-state index in [1.807, 2.05) is 6.07 Å². The average molecular weight is 294 g/mol. The second-order valence-corrected chi connectivity index (χ2v) is 6.28. The van der Waals surface area contributed by atoms with E-state index in [-0.39, 0.29) is 10.0 Å². The topological polar surface area (TPSA) is 95.7 Å². The van der Waals surface area contributed by atoms with E-state index < -0.39 is 10.0 Å². The lowest BCUT2D eigenvalue weighted by atomic mass is 10.1. The number of nitrogens with zero attached hydrogens (tertiary/aromatic N) is 3. The minimum Gasteiger partial charge on any atom is -0.253 e. The van der Waals surface area contributed by atoms with E-state index in [9.17, 15) is 8.42 Å². The molecule has 0 fully saturated rings. The summed E-state index contributed by atoms with van der Waals surface area (Å²) < 4.78 is 30.5. The van der Waals surface area contributed by atoms with Gasteiger partial charge in [0.2, 0.25) is 5.13 Å². The summed E-state index contributed by atoms with van der Waals surface area (Å²) in [7, 11) is -3.70. The molecule has 2 rings (SSSR count). The zero-order valence-electron chi connectivity index (χ0n) is 10.2. The van der Waals surface area contributed by atoms with Crippen LogP contribution in [0.2, 0.25) is 0 Å². The molecule has 2 aromatic rings. The van der Waals surface area contributed by atoms with E-state index in [1.165, 1.54) is 18.2 Å². The lowest BCUT2D eigenvalue weighted by Crippen LogP contribution is -2.13. The molecule has 0 atom stereocenters. The first-order chi connectivity index (χ1) is 8.92. The third-order valence-electron chi connectivity index (χ3n) is 2.38. The van der Waals surface area contributed by atoms with E-state index in [2.05, 4.69) is 14.1 Å². The molecule has 98 valence electrons. The molecule has 1 N–H and O–H groups in total. The van der Waals surface area contributed by atoms with Crippen LogP contribution in [-0.2, 0) is 10.0 Å². The van der Waals surface area contributed by atoms with Crippen LogP contribution in [0.15, 0.2) is 23.1 Å². The molecular formula is C11H10N4O2S2. The van der Waals surface area contributed by atoms with Gasteiger partial charge in [0, 0.05) is 11.5 Å². The van der Waals surface area contributed by atoms with Crippen molar-refractivity contribution in [3.05, 3.63) is 35.2 Å². The van der Waals surface area contributed by atoms with E-state index in [0.29, 0.717) is 17.0 Å². The summed E-state index contributed by atoms with van der Waals surface area (Å²) in [5.74, 6) is 0.513. The van der Waals surface area contributed by atoms with Crippen molar-refractivity contribution in [2.75, 3.05) is 4.72 Å². The monoisotopic (exact) mass is 294 g/mol. The molecule has 0 aliphatic heterocycles. The summed E-state index contributed by atoms with van der Waals surface area (Å²) in [6, 6.07) is 6.32. The van der Waals surface area contributed by atoms with Gasteiger partial charge in [-0.15, -0.1) is 0 Å². The first kappa shape index (κ1) is 13.5. The summed E-state index contributed by atoms with van der Waals surface area (Å²) in [6.45, 7) is 3.37. The molecule has 6 nitrogen and oxygen atoms in total. The van der Waals surface area contributed by atoms with Gasteiger partial charge in [0.1, 0.15) is 5.82 Å². The molecule has 1 heterocycles. The maximum atomic E-state index is 12.1. The Labute approximate surface area is 115 Å². The van der Waals surface area contributed by atoms with Crippen LogP contribution < -0.4 is 4.72 Å². The fourth-order valence-corrected chi connectivity index (χ4v) is 3.32. The normalized spacial score (nSPS) is 11.0. The zero-order valence-corrected chi connectivity index (χ0v) is 11.8. The predicted molar refractivity (Wildman–Crippen MR) is 71.3 cm³/mol. The van der Waals surface area contributed by atoms with E-state index in [4.69, 9.17) is 5.26 Å². The highest BCUT2D eigenvalue weighted by Crippen LogP contribution is 2.19. The number of aromatic nitrogens is 2. The molecule has 0 spiro atoms.